The first-order chi connectivity index (χ1) is 11.1. The van der Waals surface area contributed by atoms with E-state index in [1.807, 2.05) is 39.8 Å². The minimum atomic E-state index is -0.977. The molecule has 2 aromatic rings. The predicted molar refractivity (Wildman–Crippen MR) is 92.4 cm³/mol. The molecule has 0 unspecified atom stereocenters. The normalized spacial score (nSPS) is 12.8. The van der Waals surface area contributed by atoms with Gasteiger partial charge in [0.25, 0.3) is 0 Å². The van der Waals surface area contributed by atoms with Crippen LogP contribution >= 0.6 is 0 Å². The third-order valence-corrected chi connectivity index (χ3v) is 4.02. The number of nitrogens with zero attached hydrogens (tertiary/aromatic N) is 2. The fourth-order valence-corrected chi connectivity index (χ4v) is 2.81. The van der Waals surface area contributed by atoms with Crippen LogP contribution in [0.3, 0.4) is 0 Å². The molecule has 0 aliphatic rings. The highest BCUT2D eigenvalue weighted by atomic mass is 19.1. The molecule has 0 radical (unpaired) electrons. The minimum absolute atomic E-state index is 0.237. The number of amides is 1. The smallest absolute Gasteiger partial charge is 0.408 e. The molecular formula is C19H23FN2O2. The van der Waals surface area contributed by atoms with Crippen molar-refractivity contribution in [3.8, 4) is 11.1 Å². The minimum Gasteiger partial charge on any atom is -0.465 e. The molecule has 4 nitrogen and oxygen atoms in total. The van der Waals surface area contributed by atoms with E-state index in [2.05, 4.69) is 4.98 Å². The molecule has 0 saturated carbocycles. The van der Waals surface area contributed by atoms with E-state index in [1.54, 1.807) is 25.3 Å². The molecule has 1 heterocycles. The third kappa shape index (κ3) is 3.72. The molecule has 0 saturated heterocycles. The molecule has 0 spiro atoms. The van der Waals surface area contributed by atoms with Crippen molar-refractivity contribution in [1.29, 1.82) is 0 Å². The van der Waals surface area contributed by atoms with Crippen LogP contribution in [0, 0.1) is 12.7 Å². The summed E-state index contributed by atoms with van der Waals surface area (Å²) in [6.45, 7) is 9.11. The number of hydrogen-bond acceptors (Lipinski definition) is 2. The molecule has 2 rings (SSSR count). The second-order valence-electron chi connectivity index (χ2n) is 6.94. The SMILES string of the molecule is Cc1cc(-c2ccc([C@H](C)N(C(=O)O)C(C)(C)C)nc2)ccc1F. The van der Waals surface area contributed by atoms with E-state index in [4.69, 9.17) is 0 Å². The summed E-state index contributed by atoms with van der Waals surface area (Å²) in [7, 11) is 0. The van der Waals surface area contributed by atoms with E-state index < -0.39 is 11.6 Å². The lowest BCUT2D eigenvalue weighted by atomic mass is 10.0. The molecule has 0 bridgehead atoms. The van der Waals surface area contributed by atoms with Crippen LogP contribution in [0.4, 0.5) is 9.18 Å². The van der Waals surface area contributed by atoms with Crippen LogP contribution in [-0.2, 0) is 0 Å². The summed E-state index contributed by atoms with van der Waals surface area (Å²) in [6, 6.07) is 8.25. The first-order valence-corrected chi connectivity index (χ1v) is 7.86. The van der Waals surface area contributed by atoms with Gasteiger partial charge in [0.1, 0.15) is 5.82 Å². The molecule has 1 N–H and O–H groups in total. The Morgan fingerprint density at radius 2 is 1.83 bits per heavy atom. The van der Waals surface area contributed by atoms with Gasteiger partial charge in [-0.15, -0.1) is 0 Å². The number of aromatic nitrogens is 1. The van der Waals surface area contributed by atoms with Gasteiger partial charge in [0.15, 0.2) is 0 Å². The Hall–Kier alpha value is -2.43. The van der Waals surface area contributed by atoms with Crippen molar-refractivity contribution in [2.45, 2.75) is 46.2 Å². The van der Waals surface area contributed by atoms with Gasteiger partial charge in [0.2, 0.25) is 0 Å². The maximum absolute atomic E-state index is 13.4. The number of aryl methyl sites for hydroxylation is 1. The lowest BCUT2D eigenvalue weighted by Crippen LogP contribution is -2.46. The van der Waals surface area contributed by atoms with Gasteiger partial charge in [-0.25, -0.2) is 9.18 Å². The fraction of sp³-hybridized carbons (Fsp3) is 0.368. The van der Waals surface area contributed by atoms with Gasteiger partial charge in [-0.1, -0.05) is 12.1 Å². The third-order valence-electron chi connectivity index (χ3n) is 4.02. The van der Waals surface area contributed by atoms with Gasteiger partial charge in [-0.2, -0.15) is 0 Å². The zero-order chi connectivity index (χ0) is 18.1. The summed E-state index contributed by atoms with van der Waals surface area (Å²) < 4.78 is 13.4. The van der Waals surface area contributed by atoms with Crippen LogP contribution in [0.1, 0.15) is 45.0 Å². The summed E-state index contributed by atoms with van der Waals surface area (Å²) in [5.41, 5.74) is 2.47. The van der Waals surface area contributed by atoms with E-state index >= 15 is 0 Å². The zero-order valence-electron chi connectivity index (χ0n) is 14.7. The van der Waals surface area contributed by atoms with Crippen molar-refractivity contribution in [2.75, 3.05) is 0 Å². The van der Waals surface area contributed by atoms with Gasteiger partial charge in [0, 0.05) is 17.3 Å². The number of halogens is 1. The summed E-state index contributed by atoms with van der Waals surface area (Å²) in [4.78, 5) is 17.4. The van der Waals surface area contributed by atoms with Crippen LogP contribution in [0.25, 0.3) is 11.1 Å². The zero-order valence-corrected chi connectivity index (χ0v) is 14.7. The molecule has 0 aliphatic heterocycles. The molecule has 1 aromatic carbocycles. The monoisotopic (exact) mass is 330 g/mol. The van der Waals surface area contributed by atoms with Crippen molar-refractivity contribution in [3.05, 3.63) is 53.6 Å². The number of pyridine rings is 1. The topological polar surface area (TPSA) is 53.4 Å². The van der Waals surface area contributed by atoms with Gasteiger partial charge in [-0.05, 0) is 63.9 Å². The van der Waals surface area contributed by atoms with Crippen LogP contribution in [-0.4, -0.2) is 26.6 Å². The summed E-state index contributed by atoms with van der Waals surface area (Å²) in [5.74, 6) is -0.237. The Morgan fingerprint density at radius 1 is 1.21 bits per heavy atom. The first-order valence-electron chi connectivity index (χ1n) is 7.86. The molecule has 128 valence electrons. The highest BCUT2D eigenvalue weighted by Gasteiger charge is 2.32. The Bertz CT molecular complexity index is 736. The number of rotatable bonds is 3. The average Bonchev–Trinajstić information content (AvgIpc) is 2.48. The number of carbonyl (C=O) groups is 1. The number of hydrogen-bond donors (Lipinski definition) is 1. The van der Waals surface area contributed by atoms with Crippen molar-refractivity contribution in [2.24, 2.45) is 0 Å². The van der Waals surface area contributed by atoms with Crippen LogP contribution in [0.5, 0.6) is 0 Å². The van der Waals surface area contributed by atoms with E-state index in [9.17, 15) is 14.3 Å². The number of carboxylic acid groups (broad SMARTS) is 1. The Labute approximate surface area is 142 Å². The Morgan fingerprint density at radius 3 is 2.29 bits per heavy atom. The largest absolute Gasteiger partial charge is 0.465 e. The highest BCUT2D eigenvalue weighted by Crippen LogP contribution is 2.28. The lowest BCUT2D eigenvalue weighted by Gasteiger charge is -2.37. The molecule has 5 heteroatoms. The second kappa shape index (κ2) is 6.59. The van der Waals surface area contributed by atoms with Crippen molar-refractivity contribution in [1.82, 2.24) is 9.88 Å². The first kappa shape index (κ1) is 17.9. The quantitative estimate of drug-likeness (QED) is 0.858. The van der Waals surface area contributed by atoms with Crippen LogP contribution < -0.4 is 0 Å². The van der Waals surface area contributed by atoms with Gasteiger partial charge in [-0.3, -0.25) is 9.88 Å². The van der Waals surface area contributed by atoms with E-state index in [0.717, 1.165) is 11.1 Å². The second-order valence-corrected chi connectivity index (χ2v) is 6.94. The summed E-state index contributed by atoms with van der Waals surface area (Å²) >= 11 is 0. The summed E-state index contributed by atoms with van der Waals surface area (Å²) in [6.07, 6.45) is 0.719. The maximum Gasteiger partial charge on any atom is 0.408 e. The van der Waals surface area contributed by atoms with Crippen molar-refractivity contribution >= 4 is 6.09 Å². The summed E-state index contributed by atoms with van der Waals surface area (Å²) in [5, 5.41) is 9.49. The predicted octanol–water partition coefficient (Wildman–Crippen LogP) is 5.04. The molecular weight excluding hydrogens is 307 g/mol. The average molecular weight is 330 g/mol. The maximum atomic E-state index is 13.4. The molecule has 0 aliphatic carbocycles. The van der Waals surface area contributed by atoms with E-state index in [1.165, 1.54) is 11.0 Å². The fourth-order valence-electron chi connectivity index (χ4n) is 2.81. The van der Waals surface area contributed by atoms with Crippen LogP contribution in [0.15, 0.2) is 36.5 Å². The van der Waals surface area contributed by atoms with E-state index in [0.29, 0.717) is 11.3 Å². The van der Waals surface area contributed by atoms with E-state index in [-0.39, 0.29) is 11.9 Å². The lowest BCUT2D eigenvalue weighted by molar-refractivity contribution is 0.0740. The molecule has 0 fully saturated rings. The molecule has 1 atom stereocenters. The van der Waals surface area contributed by atoms with Gasteiger partial charge in [0.05, 0.1) is 11.7 Å². The Kier molecular flexibility index (Phi) is 4.92. The van der Waals surface area contributed by atoms with Crippen LogP contribution in [0.2, 0.25) is 0 Å². The molecule has 1 aromatic heterocycles. The molecule has 24 heavy (non-hydrogen) atoms. The number of benzene rings is 1. The standard InChI is InChI=1S/C19H23FN2O2/c1-12-10-14(6-8-16(12)20)15-7-9-17(21-11-15)13(2)22(18(23)24)19(3,4)5/h6-11,13H,1-5H3,(H,23,24)/t13-/m0/s1. The van der Waals surface area contributed by atoms with Crippen molar-refractivity contribution < 1.29 is 14.3 Å². The Balaban J connectivity index is 2.31. The molecule has 1 amide bonds. The van der Waals surface area contributed by atoms with Crippen molar-refractivity contribution in [3.63, 3.8) is 0 Å². The van der Waals surface area contributed by atoms with Gasteiger partial charge < -0.3 is 5.11 Å². The van der Waals surface area contributed by atoms with Gasteiger partial charge >= 0.3 is 6.09 Å². The highest BCUT2D eigenvalue weighted by molar-refractivity contribution is 5.67.